The first-order chi connectivity index (χ1) is 5.43. The Kier molecular flexibility index (Phi) is 4.67. The van der Waals surface area contributed by atoms with Crippen molar-refractivity contribution >= 4 is 18.7 Å². The smallest absolute Gasteiger partial charge is 0.405 e. The molecule has 0 unspecified atom stereocenters. The molecule has 0 bridgehead atoms. The van der Waals surface area contributed by atoms with Gasteiger partial charge in [-0.15, -0.1) is 11.6 Å². The van der Waals surface area contributed by atoms with Crippen molar-refractivity contribution in [2.24, 2.45) is 0 Å². The monoisotopic (exact) mass is 174 g/mol. The summed E-state index contributed by atoms with van der Waals surface area (Å²) in [6.45, 7) is 1.43. The van der Waals surface area contributed by atoms with Crippen molar-refractivity contribution in [1.29, 1.82) is 0 Å². The van der Waals surface area contributed by atoms with Crippen LogP contribution in [-0.2, 0) is 9.31 Å². The predicted octanol–water partition coefficient (Wildman–Crippen LogP) is 1.64. The zero-order chi connectivity index (χ0) is 7.94. The molecule has 2 nitrogen and oxygen atoms in total. The fourth-order valence-electron chi connectivity index (χ4n) is 0.890. The molecule has 62 valence electrons. The Hall–Kier alpha value is 0.0149. The van der Waals surface area contributed by atoms with E-state index in [0.29, 0.717) is 13.2 Å². The minimum Gasteiger partial charge on any atom is -0.405 e. The Bertz CT molecular complexity index is 124. The van der Waals surface area contributed by atoms with Crippen molar-refractivity contribution in [1.82, 2.24) is 0 Å². The van der Waals surface area contributed by atoms with Gasteiger partial charge in [-0.2, -0.15) is 0 Å². The molecule has 1 rings (SSSR count). The van der Waals surface area contributed by atoms with E-state index in [1.54, 1.807) is 0 Å². The summed E-state index contributed by atoms with van der Waals surface area (Å²) in [5.74, 6) is 2.66. The molecule has 0 amide bonds. The van der Waals surface area contributed by atoms with E-state index in [1.165, 1.54) is 0 Å². The van der Waals surface area contributed by atoms with Gasteiger partial charge < -0.3 is 9.31 Å². The van der Waals surface area contributed by atoms with Crippen molar-refractivity contribution in [3.05, 3.63) is 12.1 Å². The van der Waals surface area contributed by atoms with Crippen LogP contribution < -0.4 is 0 Å². The van der Waals surface area contributed by atoms with Gasteiger partial charge in [0, 0.05) is 5.88 Å². The third-order valence-electron chi connectivity index (χ3n) is 1.45. The maximum absolute atomic E-state index is 5.50. The summed E-state index contributed by atoms with van der Waals surface area (Å²) < 4.78 is 10.4. The van der Waals surface area contributed by atoms with Crippen molar-refractivity contribution in [2.45, 2.75) is 12.8 Å². The molecule has 0 N–H and O–H groups in total. The van der Waals surface area contributed by atoms with Crippen LogP contribution in [0.5, 0.6) is 0 Å². The maximum atomic E-state index is 5.50. The number of allylic oxidation sites excluding steroid dienone is 1. The zero-order valence-electron chi connectivity index (χ0n) is 6.46. The molecule has 1 heterocycles. The largest absolute Gasteiger partial charge is 0.485 e. The predicted molar refractivity (Wildman–Crippen MR) is 46.8 cm³/mol. The molecule has 0 radical (unpaired) electrons. The molecule has 0 aliphatic carbocycles. The molecule has 1 fully saturated rings. The van der Waals surface area contributed by atoms with Gasteiger partial charge in [-0.1, -0.05) is 12.1 Å². The Morgan fingerprint density at radius 3 is 2.73 bits per heavy atom. The molecule has 0 saturated carbocycles. The van der Waals surface area contributed by atoms with Crippen LogP contribution in [0.2, 0.25) is 0 Å². The Labute approximate surface area is 72.7 Å². The molecule has 0 aromatic rings. The molecule has 11 heavy (non-hydrogen) atoms. The van der Waals surface area contributed by atoms with E-state index in [9.17, 15) is 0 Å². The second-order valence-electron chi connectivity index (χ2n) is 2.37. The van der Waals surface area contributed by atoms with Gasteiger partial charge in [0.15, 0.2) is 0 Å². The van der Waals surface area contributed by atoms with Crippen LogP contribution >= 0.6 is 11.6 Å². The summed E-state index contributed by atoms with van der Waals surface area (Å²) in [5.41, 5.74) is 0. The van der Waals surface area contributed by atoms with Crippen LogP contribution in [0.3, 0.4) is 0 Å². The van der Waals surface area contributed by atoms with Crippen LogP contribution in [0.25, 0.3) is 0 Å². The molecular formula is C7H12BClO2. The summed E-state index contributed by atoms with van der Waals surface area (Å²) in [4.78, 5) is 0. The van der Waals surface area contributed by atoms with Crippen LogP contribution in [0.15, 0.2) is 12.1 Å². The van der Waals surface area contributed by atoms with Crippen molar-refractivity contribution in [3.8, 4) is 0 Å². The fraction of sp³-hybridized carbons (Fsp3) is 0.714. The lowest BCUT2D eigenvalue weighted by molar-refractivity contribution is 0.365. The Morgan fingerprint density at radius 1 is 1.36 bits per heavy atom. The van der Waals surface area contributed by atoms with E-state index in [2.05, 4.69) is 6.08 Å². The van der Waals surface area contributed by atoms with Crippen molar-refractivity contribution in [3.63, 3.8) is 0 Å². The molecule has 0 atom stereocenters. The summed E-state index contributed by atoms with van der Waals surface area (Å²) in [6.07, 6.45) is 4.08. The molecule has 1 saturated heterocycles. The standard InChI is InChI=1S/C7H12BClO2/c9-5-3-1-2-4-8-10-6-7-11-8/h2,4H,1,3,5-7H2/b4-2-. The van der Waals surface area contributed by atoms with Crippen LogP contribution in [0.4, 0.5) is 0 Å². The topological polar surface area (TPSA) is 18.5 Å². The van der Waals surface area contributed by atoms with Crippen LogP contribution in [0.1, 0.15) is 12.8 Å². The highest BCUT2D eigenvalue weighted by Crippen LogP contribution is 2.01. The number of halogens is 1. The normalized spacial score (nSPS) is 18.5. The van der Waals surface area contributed by atoms with Gasteiger partial charge in [0.2, 0.25) is 0 Å². The van der Waals surface area contributed by atoms with Crippen molar-refractivity contribution in [2.75, 3.05) is 19.1 Å². The fourth-order valence-corrected chi connectivity index (χ4v) is 1.04. The van der Waals surface area contributed by atoms with E-state index >= 15 is 0 Å². The van der Waals surface area contributed by atoms with E-state index in [4.69, 9.17) is 20.9 Å². The maximum Gasteiger partial charge on any atom is 0.485 e. The molecular weight excluding hydrogens is 162 g/mol. The highest BCUT2D eigenvalue weighted by atomic mass is 35.5. The lowest BCUT2D eigenvalue weighted by atomic mass is 9.90. The van der Waals surface area contributed by atoms with E-state index in [1.807, 2.05) is 5.98 Å². The van der Waals surface area contributed by atoms with Gasteiger partial charge in [-0.05, 0) is 12.8 Å². The average Bonchev–Trinajstić information content (AvgIpc) is 2.50. The van der Waals surface area contributed by atoms with Crippen LogP contribution in [-0.4, -0.2) is 26.2 Å². The molecule has 1 aliphatic heterocycles. The van der Waals surface area contributed by atoms with Gasteiger partial charge in [0.25, 0.3) is 0 Å². The van der Waals surface area contributed by atoms with Gasteiger partial charge in [-0.3, -0.25) is 0 Å². The summed E-state index contributed by atoms with van der Waals surface area (Å²) in [6, 6.07) is 0. The van der Waals surface area contributed by atoms with Gasteiger partial charge in [0.05, 0.1) is 13.2 Å². The number of hydrogen-bond acceptors (Lipinski definition) is 2. The van der Waals surface area contributed by atoms with Crippen molar-refractivity contribution < 1.29 is 9.31 Å². The molecule has 0 spiro atoms. The second kappa shape index (κ2) is 5.64. The summed E-state index contributed by atoms with van der Waals surface area (Å²) in [5, 5.41) is 0. The molecule has 0 aromatic carbocycles. The van der Waals surface area contributed by atoms with Gasteiger partial charge in [0.1, 0.15) is 0 Å². The Balaban J connectivity index is 2.03. The number of alkyl halides is 1. The highest BCUT2D eigenvalue weighted by Gasteiger charge is 2.18. The van der Waals surface area contributed by atoms with Crippen LogP contribution in [0, 0.1) is 0 Å². The van der Waals surface area contributed by atoms with E-state index in [0.717, 1.165) is 18.7 Å². The summed E-state index contributed by atoms with van der Waals surface area (Å²) in [7, 11) is -0.106. The number of unbranched alkanes of at least 4 members (excludes halogenated alkanes) is 1. The highest BCUT2D eigenvalue weighted by molar-refractivity contribution is 6.51. The lowest BCUT2D eigenvalue weighted by Crippen LogP contribution is -2.09. The van der Waals surface area contributed by atoms with E-state index in [-0.39, 0.29) is 7.12 Å². The average molecular weight is 174 g/mol. The minimum absolute atomic E-state index is 0.106. The second-order valence-corrected chi connectivity index (χ2v) is 2.75. The first kappa shape index (κ1) is 9.11. The summed E-state index contributed by atoms with van der Waals surface area (Å²) >= 11 is 5.50. The molecule has 0 aromatic heterocycles. The Morgan fingerprint density at radius 2 is 2.09 bits per heavy atom. The molecule has 4 heteroatoms. The first-order valence-corrected chi connectivity index (χ1v) is 4.43. The third kappa shape index (κ3) is 3.80. The van der Waals surface area contributed by atoms with Gasteiger partial charge in [-0.25, -0.2) is 0 Å². The quantitative estimate of drug-likeness (QED) is 0.366. The zero-order valence-corrected chi connectivity index (χ0v) is 7.22. The van der Waals surface area contributed by atoms with Gasteiger partial charge >= 0.3 is 7.12 Å². The molecule has 1 aliphatic rings. The first-order valence-electron chi connectivity index (χ1n) is 3.89. The van der Waals surface area contributed by atoms with E-state index < -0.39 is 0 Å². The SMILES string of the molecule is ClCCC/C=C\B1OCCO1. The number of rotatable bonds is 4. The minimum atomic E-state index is -0.106. The third-order valence-corrected chi connectivity index (χ3v) is 1.71. The lowest BCUT2D eigenvalue weighted by Gasteiger charge is -1.94. The number of hydrogen-bond donors (Lipinski definition) is 0.